The number of hydrogen-bond donors (Lipinski definition) is 1. The minimum atomic E-state index is -1.75. The van der Waals surface area contributed by atoms with Crippen LogP contribution >= 0.6 is 0 Å². The van der Waals surface area contributed by atoms with Crippen LogP contribution in [0.5, 0.6) is 17.2 Å². The van der Waals surface area contributed by atoms with Crippen molar-refractivity contribution in [1.82, 2.24) is 0 Å². The second kappa shape index (κ2) is 6.24. The number of benzene rings is 1. The van der Waals surface area contributed by atoms with E-state index < -0.39 is 17.9 Å². The van der Waals surface area contributed by atoms with Crippen molar-refractivity contribution >= 4 is 5.97 Å². The summed E-state index contributed by atoms with van der Waals surface area (Å²) in [7, 11) is 4.90. The maximum Gasteiger partial charge on any atom is 0.339 e. The van der Waals surface area contributed by atoms with E-state index in [1.54, 1.807) is 0 Å². The van der Waals surface area contributed by atoms with Crippen LogP contribution in [0.15, 0.2) is 6.07 Å². The lowest BCUT2D eigenvalue weighted by molar-refractivity contribution is -0.150. The zero-order valence-electron chi connectivity index (χ0n) is 11.0. The van der Waals surface area contributed by atoms with Gasteiger partial charge in [0, 0.05) is 6.07 Å². The predicted octanol–water partition coefficient (Wildman–Crippen LogP) is 1.06. The smallest absolute Gasteiger partial charge is 0.339 e. The highest BCUT2D eigenvalue weighted by atomic mass is 19.1. The van der Waals surface area contributed by atoms with Crippen LogP contribution in [0.4, 0.5) is 4.39 Å². The molecule has 0 saturated carbocycles. The van der Waals surface area contributed by atoms with Crippen LogP contribution in [0.25, 0.3) is 0 Å². The van der Waals surface area contributed by atoms with E-state index in [0.717, 1.165) is 13.2 Å². The Hall–Kier alpha value is -2.02. The Morgan fingerprint density at radius 2 is 1.74 bits per heavy atom. The molecule has 0 spiro atoms. The third kappa shape index (κ3) is 2.70. The number of hydrogen-bond acceptors (Lipinski definition) is 6. The molecular weight excluding hydrogens is 259 g/mol. The zero-order chi connectivity index (χ0) is 14.6. The number of esters is 1. The predicted molar refractivity (Wildman–Crippen MR) is 63.0 cm³/mol. The normalized spacial score (nSPS) is 11.7. The van der Waals surface area contributed by atoms with Crippen LogP contribution in [-0.2, 0) is 9.53 Å². The number of carbonyl (C=O) groups excluding carboxylic acids is 1. The van der Waals surface area contributed by atoms with E-state index in [9.17, 15) is 14.3 Å². The van der Waals surface area contributed by atoms with Gasteiger partial charge in [0.1, 0.15) is 0 Å². The van der Waals surface area contributed by atoms with E-state index in [1.165, 1.54) is 21.3 Å². The molecule has 0 amide bonds. The highest BCUT2D eigenvalue weighted by molar-refractivity contribution is 5.79. The molecule has 1 N–H and O–H groups in total. The minimum Gasteiger partial charge on any atom is -0.493 e. The molecule has 0 bridgehead atoms. The van der Waals surface area contributed by atoms with Gasteiger partial charge in [0.2, 0.25) is 0 Å². The fraction of sp³-hybridized carbons (Fsp3) is 0.417. The monoisotopic (exact) mass is 274 g/mol. The Balaban J connectivity index is 3.55. The fourth-order valence-electron chi connectivity index (χ4n) is 1.66. The summed E-state index contributed by atoms with van der Waals surface area (Å²) < 4.78 is 33.1. The van der Waals surface area contributed by atoms with Crippen molar-refractivity contribution in [1.29, 1.82) is 0 Å². The van der Waals surface area contributed by atoms with Gasteiger partial charge >= 0.3 is 5.97 Å². The summed E-state index contributed by atoms with van der Waals surface area (Å²) in [6.07, 6.45) is -1.75. The van der Waals surface area contributed by atoms with Crippen molar-refractivity contribution in [3.8, 4) is 17.2 Å². The van der Waals surface area contributed by atoms with Gasteiger partial charge in [-0.2, -0.15) is 0 Å². The quantitative estimate of drug-likeness (QED) is 0.809. The van der Waals surface area contributed by atoms with Gasteiger partial charge in [-0.1, -0.05) is 0 Å². The largest absolute Gasteiger partial charge is 0.493 e. The number of aliphatic hydroxyl groups excluding tert-OH is 1. The highest BCUT2D eigenvalue weighted by Gasteiger charge is 2.31. The Morgan fingerprint density at radius 3 is 2.16 bits per heavy atom. The van der Waals surface area contributed by atoms with Crippen molar-refractivity contribution in [2.45, 2.75) is 6.10 Å². The molecule has 0 fully saturated rings. The topological polar surface area (TPSA) is 74.2 Å². The number of rotatable bonds is 5. The number of methoxy groups -OCH3 is 4. The molecule has 106 valence electrons. The van der Waals surface area contributed by atoms with Crippen LogP contribution in [0.1, 0.15) is 11.7 Å². The van der Waals surface area contributed by atoms with Gasteiger partial charge in [-0.05, 0) is 0 Å². The molecule has 1 atom stereocenters. The van der Waals surface area contributed by atoms with Crippen molar-refractivity contribution < 1.29 is 33.2 Å². The van der Waals surface area contributed by atoms with Gasteiger partial charge in [-0.25, -0.2) is 9.18 Å². The summed E-state index contributed by atoms with van der Waals surface area (Å²) in [6, 6.07) is 1.03. The minimum absolute atomic E-state index is 0.00125. The van der Waals surface area contributed by atoms with Gasteiger partial charge in [0.05, 0.1) is 34.0 Å². The molecule has 19 heavy (non-hydrogen) atoms. The second-order valence-electron chi connectivity index (χ2n) is 3.47. The Labute approximate surface area is 109 Å². The van der Waals surface area contributed by atoms with Crippen LogP contribution in [0.3, 0.4) is 0 Å². The number of aliphatic hydroxyl groups is 1. The Bertz CT molecular complexity index is 474. The molecule has 0 saturated heterocycles. The molecule has 1 aromatic rings. The summed E-state index contributed by atoms with van der Waals surface area (Å²) >= 11 is 0. The van der Waals surface area contributed by atoms with Crippen LogP contribution in [-0.4, -0.2) is 39.5 Å². The van der Waals surface area contributed by atoms with Gasteiger partial charge < -0.3 is 24.1 Å². The number of carbonyl (C=O) groups is 1. The average molecular weight is 274 g/mol. The lowest BCUT2D eigenvalue weighted by Gasteiger charge is -2.19. The maximum absolute atomic E-state index is 13.8. The SMILES string of the molecule is COC(=O)C(O)c1c(OC)c(F)cc(OC)c1OC. The Kier molecular flexibility index (Phi) is 4.94. The Morgan fingerprint density at radius 1 is 1.16 bits per heavy atom. The van der Waals surface area contributed by atoms with Crippen molar-refractivity contribution in [3.63, 3.8) is 0 Å². The van der Waals surface area contributed by atoms with Crippen LogP contribution in [0, 0.1) is 5.82 Å². The lowest BCUT2D eigenvalue weighted by Crippen LogP contribution is -2.16. The number of halogens is 1. The first kappa shape index (κ1) is 15.0. The van der Waals surface area contributed by atoms with Gasteiger partial charge in [-0.15, -0.1) is 0 Å². The van der Waals surface area contributed by atoms with E-state index in [4.69, 9.17) is 14.2 Å². The van der Waals surface area contributed by atoms with Gasteiger partial charge in [0.15, 0.2) is 29.2 Å². The molecule has 0 aliphatic rings. The van der Waals surface area contributed by atoms with E-state index >= 15 is 0 Å². The molecule has 0 aliphatic carbocycles. The molecule has 0 aromatic heterocycles. The van der Waals surface area contributed by atoms with Crippen molar-refractivity contribution in [2.75, 3.05) is 28.4 Å². The standard InChI is InChI=1S/C12H15FO6/c1-16-7-5-6(13)10(17-2)8(11(7)18-3)9(14)12(15)19-4/h5,9,14H,1-4H3. The molecule has 1 rings (SSSR count). The zero-order valence-corrected chi connectivity index (χ0v) is 11.0. The van der Waals surface area contributed by atoms with E-state index in [-0.39, 0.29) is 22.8 Å². The molecule has 0 radical (unpaired) electrons. The third-order valence-electron chi connectivity index (χ3n) is 2.51. The first-order chi connectivity index (χ1) is 9.01. The average Bonchev–Trinajstić information content (AvgIpc) is 2.44. The van der Waals surface area contributed by atoms with Gasteiger partial charge in [0.25, 0.3) is 0 Å². The van der Waals surface area contributed by atoms with Crippen molar-refractivity contribution in [2.24, 2.45) is 0 Å². The molecular formula is C12H15FO6. The molecule has 1 aromatic carbocycles. The fourth-order valence-corrected chi connectivity index (χ4v) is 1.66. The molecule has 7 heteroatoms. The van der Waals surface area contributed by atoms with Crippen molar-refractivity contribution in [3.05, 3.63) is 17.4 Å². The first-order valence-corrected chi connectivity index (χ1v) is 5.26. The maximum atomic E-state index is 13.8. The van der Waals surface area contributed by atoms with E-state index in [1.807, 2.05) is 0 Å². The van der Waals surface area contributed by atoms with E-state index in [0.29, 0.717) is 0 Å². The number of ether oxygens (including phenoxy) is 4. The highest BCUT2D eigenvalue weighted by Crippen LogP contribution is 2.43. The summed E-state index contributed by atoms with van der Waals surface area (Å²) in [5.41, 5.74) is -0.186. The molecule has 1 unspecified atom stereocenters. The van der Waals surface area contributed by atoms with Crippen LogP contribution < -0.4 is 14.2 Å². The summed E-state index contributed by atoms with van der Waals surface area (Å²) in [6.45, 7) is 0. The third-order valence-corrected chi connectivity index (χ3v) is 2.51. The molecule has 0 heterocycles. The van der Waals surface area contributed by atoms with Gasteiger partial charge in [-0.3, -0.25) is 0 Å². The second-order valence-corrected chi connectivity index (χ2v) is 3.47. The molecule has 6 nitrogen and oxygen atoms in total. The first-order valence-electron chi connectivity index (χ1n) is 5.26. The van der Waals surface area contributed by atoms with Crippen LogP contribution in [0.2, 0.25) is 0 Å². The molecule has 0 aliphatic heterocycles. The summed E-state index contributed by atoms with van der Waals surface area (Å²) in [5.74, 6) is -2.05. The summed E-state index contributed by atoms with van der Waals surface area (Å²) in [5, 5.41) is 9.90. The lowest BCUT2D eigenvalue weighted by atomic mass is 10.1. The summed E-state index contributed by atoms with van der Waals surface area (Å²) in [4.78, 5) is 11.4. The van der Waals surface area contributed by atoms with E-state index in [2.05, 4.69) is 4.74 Å².